The standard InChI is InChI=1S/C11H12Br2ClNO/c12-5-1-2-6-15-11(16)9-7-8(13)3-4-10(9)14/h3-4,7H,1-2,5-6H2,(H,15,16). The monoisotopic (exact) mass is 367 g/mol. The second-order valence-corrected chi connectivity index (χ2v) is 5.39. The molecule has 0 saturated heterocycles. The van der Waals surface area contributed by atoms with Crippen molar-refractivity contribution >= 4 is 49.4 Å². The molecule has 0 heterocycles. The molecule has 0 atom stereocenters. The molecular weight excluding hydrogens is 357 g/mol. The minimum Gasteiger partial charge on any atom is -0.352 e. The molecule has 0 fully saturated rings. The first-order valence-electron chi connectivity index (χ1n) is 4.94. The van der Waals surface area contributed by atoms with E-state index in [0.29, 0.717) is 17.1 Å². The number of alkyl halides is 1. The predicted molar refractivity (Wildman–Crippen MR) is 74.5 cm³/mol. The van der Waals surface area contributed by atoms with Crippen molar-refractivity contribution in [2.75, 3.05) is 11.9 Å². The van der Waals surface area contributed by atoms with Crippen molar-refractivity contribution in [3.05, 3.63) is 33.3 Å². The van der Waals surface area contributed by atoms with E-state index in [1.807, 2.05) is 6.07 Å². The fraction of sp³-hybridized carbons (Fsp3) is 0.364. The van der Waals surface area contributed by atoms with Crippen LogP contribution in [0.4, 0.5) is 0 Å². The molecule has 0 saturated carbocycles. The van der Waals surface area contributed by atoms with Gasteiger partial charge in [-0.3, -0.25) is 4.79 Å². The molecule has 0 radical (unpaired) electrons. The summed E-state index contributed by atoms with van der Waals surface area (Å²) in [4.78, 5) is 11.8. The minimum absolute atomic E-state index is 0.124. The Bertz CT molecular complexity index is 371. The average Bonchev–Trinajstić information content (AvgIpc) is 2.27. The Morgan fingerprint density at radius 3 is 2.81 bits per heavy atom. The van der Waals surface area contributed by atoms with E-state index in [-0.39, 0.29) is 5.91 Å². The number of carbonyl (C=O) groups excluding carboxylic acids is 1. The molecule has 88 valence electrons. The highest BCUT2D eigenvalue weighted by molar-refractivity contribution is 9.10. The second kappa shape index (κ2) is 7.30. The third-order valence-electron chi connectivity index (χ3n) is 2.02. The van der Waals surface area contributed by atoms with Crippen molar-refractivity contribution in [2.45, 2.75) is 12.8 Å². The van der Waals surface area contributed by atoms with E-state index < -0.39 is 0 Å². The van der Waals surface area contributed by atoms with Crippen molar-refractivity contribution < 1.29 is 4.79 Å². The fourth-order valence-electron chi connectivity index (χ4n) is 1.19. The van der Waals surface area contributed by atoms with Gasteiger partial charge in [0, 0.05) is 16.3 Å². The molecule has 1 aromatic carbocycles. The highest BCUT2D eigenvalue weighted by Crippen LogP contribution is 2.20. The Kier molecular flexibility index (Phi) is 6.39. The molecule has 1 N–H and O–H groups in total. The Labute approximate surface area is 117 Å². The van der Waals surface area contributed by atoms with Gasteiger partial charge in [0.2, 0.25) is 0 Å². The summed E-state index contributed by atoms with van der Waals surface area (Å²) >= 11 is 12.6. The van der Waals surface area contributed by atoms with Gasteiger partial charge in [-0.15, -0.1) is 0 Å². The molecule has 1 rings (SSSR count). The van der Waals surface area contributed by atoms with Gasteiger partial charge < -0.3 is 5.32 Å². The summed E-state index contributed by atoms with van der Waals surface area (Å²) in [7, 11) is 0. The van der Waals surface area contributed by atoms with Crippen LogP contribution in [0.1, 0.15) is 23.2 Å². The van der Waals surface area contributed by atoms with Crippen LogP contribution < -0.4 is 5.32 Å². The summed E-state index contributed by atoms with van der Waals surface area (Å²) in [6, 6.07) is 5.24. The number of hydrogen-bond acceptors (Lipinski definition) is 1. The molecule has 5 heteroatoms. The SMILES string of the molecule is O=C(NCCCCBr)c1cc(Br)ccc1Cl. The summed E-state index contributed by atoms with van der Waals surface area (Å²) in [5.74, 6) is -0.124. The van der Waals surface area contributed by atoms with Gasteiger partial charge in [0.1, 0.15) is 0 Å². The summed E-state index contributed by atoms with van der Waals surface area (Å²) in [6.07, 6.45) is 2.01. The van der Waals surface area contributed by atoms with E-state index in [9.17, 15) is 4.79 Å². The van der Waals surface area contributed by atoms with Crippen LogP contribution >= 0.6 is 43.5 Å². The van der Waals surface area contributed by atoms with Crippen LogP contribution in [0.15, 0.2) is 22.7 Å². The van der Waals surface area contributed by atoms with Crippen molar-refractivity contribution in [3.8, 4) is 0 Å². The molecule has 0 aliphatic heterocycles. The average molecular weight is 369 g/mol. The van der Waals surface area contributed by atoms with Crippen LogP contribution in [0.25, 0.3) is 0 Å². The lowest BCUT2D eigenvalue weighted by Gasteiger charge is -2.06. The van der Waals surface area contributed by atoms with Crippen LogP contribution in [0, 0.1) is 0 Å². The van der Waals surface area contributed by atoms with Gasteiger partial charge in [-0.25, -0.2) is 0 Å². The van der Waals surface area contributed by atoms with E-state index in [0.717, 1.165) is 22.6 Å². The molecule has 1 aromatic rings. The van der Waals surface area contributed by atoms with Crippen LogP contribution in [-0.4, -0.2) is 17.8 Å². The lowest BCUT2D eigenvalue weighted by Crippen LogP contribution is -2.24. The number of benzene rings is 1. The zero-order valence-electron chi connectivity index (χ0n) is 8.60. The lowest BCUT2D eigenvalue weighted by molar-refractivity contribution is 0.0953. The second-order valence-electron chi connectivity index (χ2n) is 3.28. The zero-order valence-corrected chi connectivity index (χ0v) is 12.5. The van der Waals surface area contributed by atoms with Gasteiger partial charge in [0.15, 0.2) is 0 Å². The predicted octanol–water partition coefficient (Wildman–Crippen LogP) is 4.01. The van der Waals surface area contributed by atoms with Gasteiger partial charge in [-0.1, -0.05) is 43.5 Å². The van der Waals surface area contributed by atoms with Crippen molar-refractivity contribution in [2.24, 2.45) is 0 Å². The van der Waals surface area contributed by atoms with Crippen LogP contribution in [0.3, 0.4) is 0 Å². The smallest absolute Gasteiger partial charge is 0.252 e. The summed E-state index contributed by atoms with van der Waals surface area (Å²) in [5.41, 5.74) is 0.509. The Hall–Kier alpha value is -0.0600. The van der Waals surface area contributed by atoms with Crippen LogP contribution in [-0.2, 0) is 0 Å². The first kappa shape index (κ1) is 14.0. The molecule has 0 bridgehead atoms. The largest absolute Gasteiger partial charge is 0.352 e. The number of unbranched alkanes of at least 4 members (excludes halogenated alkanes) is 1. The van der Waals surface area contributed by atoms with Gasteiger partial charge in [-0.2, -0.15) is 0 Å². The number of nitrogens with one attached hydrogen (secondary N) is 1. The number of amides is 1. The topological polar surface area (TPSA) is 29.1 Å². The maximum atomic E-state index is 11.8. The minimum atomic E-state index is -0.124. The third kappa shape index (κ3) is 4.44. The summed E-state index contributed by atoms with van der Waals surface area (Å²) in [6.45, 7) is 0.674. The third-order valence-corrected chi connectivity index (χ3v) is 3.40. The number of rotatable bonds is 5. The molecule has 0 spiro atoms. The highest BCUT2D eigenvalue weighted by Gasteiger charge is 2.09. The number of carbonyl (C=O) groups is 1. The van der Waals surface area contributed by atoms with E-state index >= 15 is 0 Å². The maximum absolute atomic E-state index is 11.8. The number of hydrogen-bond donors (Lipinski definition) is 1. The Morgan fingerprint density at radius 2 is 2.12 bits per heavy atom. The molecule has 1 amide bonds. The molecule has 0 unspecified atom stereocenters. The van der Waals surface area contributed by atoms with E-state index in [1.165, 1.54) is 0 Å². The van der Waals surface area contributed by atoms with Crippen molar-refractivity contribution in [3.63, 3.8) is 0 Å². The van der Waals surface area contributed by atoms with Gasteiger partial charge in [0.05, 0.1) is 10.6 Å². The van der Waals surface area contributed by atoms with Gasteiger partial charge in [0.25, 0.3) is 5.91 Å². The summed E-state index contributed by atoms with van der Waals surface area (Å²) in [5, 5.41) is 4.27. The summed E-state index contributed by atoms with van der Waals surface area (Å²) < 4.78 is 0.850. The van der Waals surface area contributed by atoms with Gasteiger partial charge in [-0.05, 0) is 31.0 Å². The first-order chi connectivity index (χ1) is 7.65. The van der Waals surface area contributed by atoms with E-state index in [1.54, 1.807) is 12.1 Å². The molecule has 2 nitrogen and oxygen atoms in total. The molecular formula is C11H12Br2ClNO. The molecule has 16 heavy (non-hydrogen) atoms. The normalized spacial score (nSPS) is 10.2. The molecule has 0 aliphatic rings. The molecule has 0 aliphatic carbocycles. The zero-order chi connectivity index (χ0) is 12.0. The number of halogens is 3. The van der Waals surface area contributed by atoms with Gasteiger partial charge >= 0.3 is 0 Å². The van der Waals surface area contributed by atoms with Crippen LogP contribution in [0.5, 0.6) is 0 Å². The van der Waals surface area contributed by atoms with E-state index in [4.69, 9.17) is 11.6 Å². The first-order valence-corrected chi connectivity index (χ1v) is 7.23. The van der Waals surface area contributed by atoms with Crippen molar-refractivity contribution in [1.29, 1.82) is 0 Å². The van der Waals surface area contributed by atoms with Crippen molar-refractivity contribution in [1.82, 2.24) is 5.32 Å². The Morgan fingerprint density at radius 1 is 1.38 bits per heavy atom. The Balaban J connectivity index is 2.55. The highest BCUT2D eigenvalue weighted by atomic mass is 79.9. The van der Waals surface area contributed by atoms with Crippen LogP contribution in [0.2, 0.25) is 5.02 Å². The molecule has 0 aromatic heterocycles. The quantitative estimate of drug-likeness (QED) is 0.617. The van der Waals surface area contributed by atoms with E-state index in [2.05, 4.69) is 37.2 Å². The lowest BCUT2D eigenvalue weighted by atomic mass is 10.2. The maximum Gasteiger partial charge on any atom is 0.252 e. The fourth-order valence-corrected chi connectivity index (χ4v) is 2.15.